The van der Waals surface area contributed by atoms with Gasteiger partial charge in [0.15, 0.2) is 9.84 Å². The van der Waals surface area contributed by atoms with Crippen LogP contribution in [-0.4, -0.2) is 57.6 Å². The van der Waals surface area contributed by atoms with Gasteiger partial charge in [-0.15, -0.1) is 0 Å². The number of carbonyl (C=O) groups excluding carboxylic acids is 1. The Bertz CT molecular complexity index is 826. The third-order valence-electron chi connectivity index (χ3n) is 5.37. The Morgan fingerprint density at radius 3 is 2.40 bits per heavy atom. The summed E-state index contributed by atoms with van der Waals surface area (Å²) in [6, 6.07) is 4.30. The zero-order chi connectivity index (χ0) is 22.5. The summed E-state index contributed by atoms with van der Waals surface area (Å²) in [4.78, 5) is 13.7. The molecule has 0 radical (unpaired) electrons. The molecule has 1 fully saturated rings. The Hall–Kier alpha value is -1.67. The van der Waals surface area contributed by atoms with Gasteiger partial charge in [0.05, 0.1) is 6.10 Å². The predicted octanol–water partition coefficient (Wildman–Crippen LogP) is 4.21. The van der Waals surface area contributed by atoms with E-state index in [1.54, 1.807) is 18.1 Å². The molecular formula is C22H34FNO5S. The number of amides is 1. The number of nitrogens with zero attached hydrogens (tertiary/aromatic N) is 1. The number of likely N-dealkylation sites (tertiary alicyclic amines) is 1. The standard InChI is InChI=1S/C22H34FNO5S/c1-22(2,3)29-21(25)24-13-11-17(12-14-24)19(28-4)8-6-7-16-9-10-20(18(23)15-16)30(5,26)27/h9-10,15,17,19H,6-8,11-14H2,1-5H3. The molecule has 0 N–H and O–H groups in total. The van der Waals surface area contributed by atoms with Crippen molar-refractivity contribution in [3.05, 3.63) is 29.6 Å². The zero-order valence-corrected chi connectivity index (χ0v) is 19.4. The van der Waals surface area contributed by atoms with Gasteiger partial charge in [0.1, 0.15) is 16.3 Å². The van der Waals surface area contributed by atoms with Gasteiger partial charge in [-0.3, -0.25) is 0 Å². The highest BCUT2D eigenvalue weighted by atomic mass is 32.2. The molecule has 0 saturated carbocycles. The summed E-state index contributed by atoms with van der Waals surface area (Å²) in [7, 11) is -1.86. The van der Waals surface area contributed by atoms with E-state index in [1.165, 1.54) is 12.1 Å². The van der Waals surface area contributed by atoms with Crippen LogP contribution in [-0.2, 0) is 25.7 Å². The number of benzene rings is 1. The third-order valence-corrected chi connectivity index (χ3v) is 6.50. The van der Waals surface area contributed by atoms with Gasteiger partial charge in [0, 0.05) is 26.5 Å². The van der Waals surface area contributed by atoms with Crippen molar-refractivity contribution in [1.82, 2.24) is 4.90 Å². The van der Waals surface area contributed by atoms with E-state index in [-0.39, 0.29) is 17.1 Å². The van der Waals surface area contributed by atoms with Gasteiger partial charge in [-0.2, -0.15) is 0 Å². The van der Waals surface area contributed by atoms with Crippen LogP contribution >= 0.6 is 0 Å². The van der Waals surface area contributed by atoms with Crippen molar-refractivity contribution >= 4 is 15.9 Å². The first-order valence-corrected chi connectivity index (χ1v) is 12.3. The fourth-order valence-corrected chi connectivity index (χ4v) is 4.56. The van der Waals surface area contributed by atoms with Crippen molar-refractivity contribution in [1.29, 1.82) is 0 Å². The first kappa shape index (κ1) is 24.6. The van der Waals surface area contributed by atoms with E-state index in [0.717, 1.165) is 37.5 Å². The minimum Gasteiger partial charge on any atom is -0.444 e. The Labute approximate surface area is 179 Å². The number of halogens is 1. The van der Waals surface area contributed by atoms with E-state index in [0.29, 0.717) is 25.4 Å². The molecule has 0 aliphatic carbocycles. The van der Waals surface area contributed by atoms with Crippen LogP contribution in [0.3, 0.4) is 0 Å². The minimum atomic E-state index is -3.56. The quantitative estimate of drug-likeness (QED) is 0.631. The molecule has 1 aliphatic heterocycles. The molecule has 1 heterocycles. The summed E-state index contributed by atoms with van der Waals surface area (Å²) < 4.78 is 48.2. The number of aryl methyl sites for hydroxylation is 1. The van der Waals surface area contributed by atoms with Gasteiger partial charge >= 0.3 is 6.09 Å². The number of ether oxygens (including phenoxy) is 2. The van der Waals surface area contributed by atoms with Crippen LogP contribution in [0.1, 0.15) is 52.0 Å². The van der Waals surface area contributed by atoms with Crippen LogP contribution in [0.4, 0.5) is 9.18 Å². The van der Waals surface area contributed by atoms with Crippen molar-refractivity contribution in [2.45, 2.75) is 69.5 Å². The third kappa shape index (κ3) is 7.23. The average Bonchev–Trinajstić information content (AvgIpc) is 2.63. The average molecular weight is 444 g/mol. The second-order valence-corrected chi connectivity index (χ2v) is 11.0. The highest BCUT2D eigenvalue weighted by Crippen LogP contribution is 2.27. The zero-order valence-electron chi connectivity index (χ0n) is 18.6. The molecule has 170 valence electrons. The van der Waals surface area contributed by atoms with Crippen LogP contribution < -0.4 is 0 Å². The van der Waals surface area contributed by atoms with Crippen LogP contribution in [0.5, 0.6) is 0 Å². The molecule has 1 saturated heterocycles. The second kappa shape index (κ2) is 10.1. The summed E-state index contributed by atoms with van der Waals surface area (Å²) >= 11 is 0. The van der Waals surface area contributed by atoms with Gasteiger partial charge < -0.3 is 14.4 Å². The molecule has 30 heavy (non-hydrogen) atoms. The van der Waals surface area contributed by atoms with Crippen molar-refractivity contribution in [2.24, 2.45) is 5.92 Å². The molecular weight excluding hydrogens is 409 g/mol. The summed E-state index contributed by atoms with van der Waals surface area (Å²) in [5, 5.41) is 0. The highest BCUT2D eigenvalue weighted by molar-refractivity contribution is 7.90. The van der Waals surface area contributed by atoms with E-state index < -0.39 is 21.3 Å². The molecule has 0 spiro atoms. The molecule has 1 aromatic rings. The number of sulfone groups is 1. The van der Waals surface area contributed by atoms with Crippen LogP contribution in [0.2, 0.25) is 0 Å². The molecule has 8 heteroatoms. The van der Waals surface area contributed by atoms with E-state index in [9.17, 15) is 17.6 Å². The normalized spacial score (nSPS) is 17.1. The van der Waals surface area contributed by atoms with Gasteiger partial charge in [0.2, 0.25) is 0 Å². The van der Waals surface area contributed by atoms with Gasteiger partial charge in [-0.05, 0) is 76.5 Å². The Morgan fingerprint density at radius 2 is 1.90 bits per heavy atom. The topological polar surface area (TPSA) is 72.9 Å². The van der Waals surface area contributed by atoms with Gasteiger partial charge in [-0.25, -0.2) is 17.6 Å². The van der Waals surface area contributed by atoms with Gasteiger partial charge in [-0.1, -0.05) is 6.07 Å². The maximum Gasteiger partial charge on any atom is 0.410 e. The lowest BCUT2D eigenvalue weighted by Gasteiger charge is -2.36. The van der Waals surface area contributed by atoms with Gasteiger partial charge in [0.25, 0.3) is 0 Å². The Balaban J connectivity index is 1.83. The summed E-state index contributed by atoms with van der Waals surface area (Å²) in [5.41, 5.74) is 0.275. The largest absolute Gasteiger partial charge is 0.444 e. The number of rotatable bonds is 7. The van der Waals surface area contributed by atoms with Crippen molar-refractivity contribution < 1.29 is 27.1 Å². The smallest absolute Gasteiger partial charge is 0.410 e. The SMILES string of the molecule is COC(CCCc1ccc(S(C)(=O)=O)c(F)c1)C1CCN(C(=O)OC(C)(C)C)CC1. The number of methoxy groups -OCH3 is 1. The number of hydrogen-bond acceptors (Lipinski definition) is 5. The highest BCUT2D eigenvalue weighted by Gasteiger charge is 2.30. The molecule has 6 nitrogen and oxygen atoms in total. The monoisotopic (exact) mass is 443 g/mol. The van der Waals surface area contributed by atoms with E-state index in [4.69, 9.17) is 9.47 Å². The lowest BCUT2D eigenvalue weighted by molar-refractivity contribution is -0.00435. The molecule has 1 aromatic carbocycles. The molecule has 1 amide bonds. The summed E-state index contributed by atoms with van der Waals surface area (Å²) in [5.74, 6) is -0.342. The van der Waals surface area contributed by atoms with E-state index in [1.807, 2.05) is 20.8 Å². The lowest BCUT2D eigenvalue weighted by atomic mass is 9.88. The second-order valence-electron chi connectivity index (χ2n) is 9.01. The van der Waals surface area contributed by atoms with Crippen LogP contribution in [0, 0.1) is 11.7 Å². The first-order valence-electron chi connectivity index (χ1n) is 10.4. The minimum absolute atomic E-state index is 0.0749. The fourth-order valence-electron chi connectivity index (χ4n) is 3.83. The fraction of sp³-hybridized carbons (Fsp3) is 0.682. The molecule has 1 unspecified atom stereocenters. The Kier molecular flexibility index (Phi) is 8.27. The van der Waals surface area contributed by atoms with Crippen molar-refractivity contribution in [3.8, 4) is 0 Å². The summed E-state index contributed by atoms with van der Waals surface area (Å²) in [6.45, 7) is 6.88. The van der Waals surface area contributed by atoms with Crippen LogP contribution in [0.25, 0.3) is 0 Å². The molecule has 1 atom stereocenters. The summed E-state index contributed by atoms with van der Waals surface area (Å²) in [6.07, 6.45) is 4.80. The molecule has 0 bridgehead atoms. The Morgan fingerprint density at radius 1 is 1.27 bits per heavy atom. The number of carbonyl (C=O) groups is 1. The van der Waals surface area contributed by atoms with E-state index in [2.05, 4.69) is 0 Å². The molecule has 1 aliphatic rings. The maximum atomic E-state index is 14.0. The van der Waals surface area contributed by atoms with Crippen molar-refractivity contribution in [3.63, 3.8) is 0 Å². The molecule has 2 rings (SSSR count). The maximum absolute atomic E-state index is 14.0. The predicted molar refractivity (Wildman–Crippen MR) is 114 cm³/mol. The van der Waals surface area contributed by atoms with E-state index >= 15 is 0 Å². The van der Waals surface area contributed by atoms with Crippen molar-refractivity contribution in [2.75, 3.05) is 26.5 Å². The number of hydrogen-bond donors (Lipinski definition) is 0. The first-order chi connectivity index (χ1) is 13.9. The number of piperidine rings is 1. The lowest BCUT2D eigenvalue weighted by Crippen LogP contribution is -2.43. The molecule has 0 aromatic heterocycles. The van der Waals surface area contributed by atoms with Crippen LogP contribution in [0.15, 0.2) is 23.1 Å².